The smallest absolute Gasteiger partial charge is 0.229 e. The third kappa shape index (κ3) is 4.09. The quantitative estimate of drug-likeness (QED) is 0.628. The topological polar surface area (TPSA) is 115 Å². The van der Waals surface area contributed by atoms with E-state index in [4.69, 9.17) is 9.15 Å². The number of ether oxygens (including phenoxy) is 1. The van der Waals surface area contributed by atoms with E-state index in [1.54, 1.807) is 30.3 Å². The number of fused-ring (bicyclic) bond motifs is 1. The molecule has 27 heavy (non-hydrogen) atoms. The predicted molar refractivity (Wildman–Crippen MR) is 102 cm³/mol. The fourth-order valence-corrected chi connectivity index (χ4v) is 3.10. The van der Waals surface area contributed by atoms with Gasteiger partial charge in [-0.05, 0) is 25.1 Å². The third-order valence-electron chi connectivity index (χ3n) is 3.64. The van der Waals surface area contributed by atoms with Crippen molar-refractivity contribution < 1.29 is 22.4 Å². The predicted octanol–water partition coefficient (Wildman–Crippen LogP) is 2.83. The minimum Gasteiger partial charge on any atom is -0.459 e. The molecular weight excluding hydrogens is 372 g/mol. The van der Waals surface area contributed by atoms with Gasteiger partial charge >= 0.3 is 0 Å². The molecule has 1 aromatic heterocycles. The first-order chi connectivity index (χ1) is 12.8. The van der Waals surface area contributed by atoms with Gasteiger partial charge in [-0.2, -0.15) is 0 Å². The average molecular weight is 388 g/mol. The molecule has 0 aliphatic rings. The highest BCUT2D eigenvalue weighted by Gasteiger charge is 2.17. The summed E-state index contributed by atoms with van der Waals surface area (Å²) >= 11 is 0. The maximum Gasteiger partial charge on any atom is 0.229 e. The van der Waals surface area contributed by atoms with Crippen LogP contribution in [0.25, 0.3) is 11.0 Å². The second-order valence-electron chi connectivity index (χ2n) is 5.76. The third-order valence-corrected chi connectivity index (χ3v) is 4.23. The first-order valence-corrected chi connectivity index (χ1v) is 9.70. The zero-order valence-corrected chi connectivity index (χ0v) is 15.3. The Kier molecular flexibility index (Phi) is 4.87. The molecule has 0 unspecified atom stereocenters. The molecule has 0 aliphatic heterocycles. The van der Waals surface area contributed by atoms with Crippen LogP contribution in [0.5, 0.6) is 11.5 Å². The van der Waals surface area contributed by atoms with Gasteiger partial charge in [-0.3, -0.25) is 14.3 Å². The summed E-state index contributed by atoms with van der Waals surface area (Å²) in [5.74, 6) is 0.769. The van der Waals surface area contributed by atoms with E-state index in [-0.39, 0.29) is 33.9 Å². The first kappa shape index (κ1) is 18.5. The average Bonchev–Trinajstić information content (AvgIpc) is 2.59. The molecule has 140 valence electrons. The van der Waals surface area contributed by atoms with Gasteiger partial charge in [0.05, 0.1) is 17.3 Å². The largest absolute Gasteiger partial charge is 0.459 e. The summed E-state index contributed by atoms with van der Waals surface area (Å²) in [5, 5.41) is 2.45. The Morgan fingerprint density at radius 2 is 1.85 bits per heavy atom. The number of rotatable bonds is 6. The summed E-state index contributed by atoms with van der Waals surface area (Å²) in [6.07, 6.45) is 1.38. The van der Waals surface area contributed by atoms with Gasteiger partial charge in [0.25, 0.3) is 0 Å². The van der Waals surface area contributed by atoms with Crippen LogP contribution >= 0.6 is 0 Å². The van der Waals surface area contributed by atoms with E-state index in [1.165, 1.54) is 19.1 Å². The highest BCUT2D eigenvalue weighted by Crippen LogP contribution is 2.34. The van der Waals surface area contributed by atoms with Crippen LogP contribution in [0.15, 0.2) is 51.7 Å². The molecule has 0 atom stereocenters. The van der Waals surface area contributed by atoms with E-state index in [0.717, 1.165) is 6.26 Å². The van der Waals surface area contributed by atoms with E-state index in [1.807, 2.05) is 0 Å². The molecule has 0 saturated heterocycles. The number of anilines is 2. The number of nitrogens with one attached hydrogen (secondary N) is 2. The number of benzene rings is 2. The van der Waals surface area contributed by atoms with Crippen LogP contribution in [0.2, 0.25) is 0 Å². The minimum atomic E-state index is -3.61. The molecule has 1 amide bonds. The Morgan fingerprint density at radius 1 is 1.15 bits per heavy atom. The highest BCUT2D eigenvalue weighted by molar-refractivity contribution is 7.92. The molecule has 0 bridgehead atoms. The molecule has 3 rings (SSSR count). The van der Waals surface area contributed by atoms with E-state index in [0.29, 0.717) is 12.2 Å². The molecular formula is C18H16N2O6S. The summed E-state index contributed by atoms with van der Waals surface area (Å²) in [5.41, 5.74) is -0.190. The molecule has 2 N–H and O–H groups in total. The van der Waals surface area contributed by atoms with Crippen molar-refractivity contribution in [2.75, 3.05) is 16.3 Å². The van der Waals surface area contributed by atoms with Crippen LogP contribution < -0.4 is 20.2 Å². The van der Waals surface area contributed by atoms with Crippen molar-refractivity contribution in [1.29, 1.82) is 0 Å². The first-order valence-electron chi connectivity index (χ1n) is 7.81. The van der Waals surface area contributed by atoms with Crippen LogP contribution in [0.4, 0.5) is 11.4 Å². The SMILES string of the molecule is Cc1oc2cc(NS(C)(=O)=O)c(Oc3ccccc3)cc2c(=O)c1NC=O. The fourth-order valence-electron chi connectivity index (χ4n) is 2.54. The van der Waals surface area contributed by atoms with Crippen molar-refractivity contribution in [1.82, 2.24) is 0 Å². The number of aryl methyl sites for hydroxylation is 1. The van der Waals surface area contributed by atoms with Gasteiger partial charge in [-0.15, -0.1) is 0 Å². The summed E-state index contributed by atoms with van der Waals surface area (Å²) in [4.78, 5) is 23.4. The van der Waals surface area contributed by atoms with Crippen LogP contribution in [-0.4, -0.2) is 21.1 Å². The van der Waals surface area contributed by atoms with Gasteiger partial charge in [-0.1, -0.05) is 18.2 Å². The summed E-state index contributed by atoms with van der Waals surface area (Å²) in [6, 6.07) is 11.4. The van der Waals surface area contributed by atoms with E-state index < -0.39 is 15.5 Å². The van der Waals surface area contributed by atoms with Gasteiger partial charge in [0.1, 0.15) is 22.8 Å². The van der Waals surface area contributed by atoms with Crippen LogP contribution in [0.3, 0.4) is 0 Å². The van der Waals surface area contributed by atoms with Gasteiger partial charge in [-0.25, -0.2) is 8.42 Å². The van der Waals surface area contributed by atoms with Crippen molar-refractivity contribution in [3.63, 3.8) is 0 Å². The van der Waals surface area contributed by atoms with Crippen molar-refractivity contribution in [3.8, 4) is 11.5 Å². The molecule has 0 fully saturated rings. The van der Waals surface area contributed by atoms with Crippen molar-refractivity contribution >= 4 is 38.8 Å². The summed E-state index contributed by atoms with van der Waals surface area (Å²) < 4.78 is 37.1. The molecule has 0 saturated carbocycles. The molecule has 1 heterocycles. The number of amides is 1. The van der Waals surface area contributed by atoms with Gasteiger partial charge in [0.15, 0.2) is 5.75 Å². The maximum absolute atomic E-state index is 12.7. The van der Waals surface area contributed by atoms with Gasteiger partial charge in [0, 0.05) is 6.07 Å². The lowest BCUT2D eigenvalue weighted by atomic mass is 10.1. The Labute approximate surface area is 154 Å². The van der Waals surface area contributed by atoms with Crippen LogP contribution in [0.1, 0.15) is 5.76 Å². The van der Waals surface area contributed by atoms with Crippen molar-refractivity contribution in [3.05, 3.63) is 58.4 Å². The van der Waals surface area contributed by atoms with E-state index in [9.17, 15) is 18.0 Å². The van der Waals surface area contributed by atoms with Gasteiger partial charge in [0.2, 0.25) is 21.9 Å². The minimum absolute atomic E-state index is 0.00647. The molecule has 0 aliphatic carbocycles. The molecule has 3 aromatic rings. The summed E-state index contributed by atoms with van der Waals surface area (Å²) in [7, 11) is -3.61. The number of carbonyl (C=O) groups excluding carboxylic acids is 1. The van der Waals surface area contributed by atoms with Crippen LogP contribution in [-0.2, 0) is 14.8 Å². The maximum atomic E-state index is 12.7. The number of hydrogen-bond acceptors (Lipinski definition) is 6. The van der Waals surface area contributed by atoms with Crippen molar-refractivity contribution in [2.45, 2.75) is 6.92 Å². The van der Waals surface area contributed by atoms with Crippen LogP contribution in [0, 0.1) is 6.92 Å². The monoisotopic (exact) mass is 388 g/mol. The Bertz CT molecular complexity index is 1170. The van der Waals surface area contributed by atoms with Gasteiger partial charge < -0.3 is 14.5 Å². The zero-order valence-electron chi connectivity index (χ0n) is 14.5. The molecule has 2 aromatic carbocycles. The second kappa shape index (κ2) is 7.12. The fraction of sp³-hybridized carbons (Fsp3) is 0.111. The van der Waals surface area contributed by atoms with Crippen molar-refractivity contribution in [2.24, 2.45) is 0 Å². The standard InChI is InChI=1S/C18H16N2O6S/c1-11-17(19-10-21)18(22)13-8-16(26-12-6-4-3-5-7-12)14(9-15(13)25-11)20-27(2,23)24/h3-10,20H,1-2H3,(H,19,21). The Morgan fingerprint density at radius 3 is 2.48 bits per heavy atom. The lowest BCUT2D eigenvalue weighted by molar-refractivity contribution is -0.105. The zero-order chi connectivity index (χ0) is 19.6. The normalized spacial score (nSPS) is 11.2. The van der Waals surface area contributed by atoms with E-state index in [2.05, 4.69) is 10.0 Å². The molecule has 9 heteroatoms. The lowest BCUT2D eigenvalue weighted by Crippen LogP contribution is -2.14. The number of carbonyl (C=O) groups is 1. The number of para-hydroxylation sites is 1. The second-order valence-corrected chi connectivity index (χ2v) is 7.51. The number of hydrogen-bond donors (Lipinski definition) is 2. The Hall–Kier alpha value is -3.33. The molecule has 8 nitrogen and oxygen atoms in total. The lowest BCUT2D eigenvalue weighted by Gasteiger charge is -2.14. The Balaban J connectivity index is 2.24. The summed E-state index contributed by atoms with van der Waals surface area (Å²) in [6.45, 7) is 1.52. The number of sulfonamides is 1. The highest BCUT2D eigenvalue weighted by atomic mass is 32.2. The van der Waals surface area contributed by atoms with E-state index >= 15 is 0 Å². The molecule has 0 radical (unpaired) electrons. The molecule has 0 spiro atoms.